The lowest BCUT2D eigenvalue weighted by Gasteiger charge is -2.24. The zero-order valence-corrected chi connectivity index (χ0v) is 26.5. The molecule has 0 heterocycles. The highest BCUT2D eigenvalue weighted by Gasteiger charge is 2.24. The van der Waals surface area contributed by atoms with Gasteiger partial charge in [-0.15, -0.1) is 0 Å². The number of ether oxygens (including phenoxy) is 5. The van der Waals surface area contributed by atoms with Crippen molar-refractivity contribution < 1.29 is 36.3 Å². The second kappa shape index (κ2) is 17.9. The molecule has 9 heteroatoms. The summed E-state index contributed by atoms with van der Waals surface area (Å²) in [5, 5.41) is 0. The van der Waals surface area contributed by atoms with E-state index in [1.807, 2.05) is 80.6 Å². The minimum Gasteiger partial charge on any atom is -0.497 e. The standard InChI is InChI=1S/C34H44O8S/c1-26-11-18-32(19-12-26)43(35,36)42-24-34(40-23-30-14-16-31(38-5)17-15-30)27(2)13-20-33(41-25-37-4)28(3)21-39-22-29-9-7-6-8-10-29/h6-20,27-28,33-34H,21-25H2,1-5H3/b20-13+/t27-,28+,33-,34-/m0/s1. The first-order chi connectivity index (χ1) is 20.7. The van der Waals surface area contributed by atoms with Gasteiger partial charge in [0.05, 0.1) is 50.6 Å². The van der Waals surface area contributed by atoms with Crippen molar-refractivity contribution in [1.82, 2.24) is 0 Å². The fraction of sp³-hybridized carbons (Fsp3) is 0.412. The Morgan fingerprint density at radius 1 is 0.767 bits per heavy atom. The number of hydrogen-bond donors (Lipinski definition) is 0. The van der Waals surface area contributed by atoms with Crippen LogP contribution in [-0.2, 0) is 46.5 Å². The van der Waals surface area contributed by atoms with E-state index in [1.54, 1.807) is 38.5 Å². The molecule has 0 amide bonds. The lowest BCUT2D eigenvalue weighted by atomic mass is 10.00. The van der Waals surface area contributed by atoms with Gasteiger partial charge in [0.2, 0.25) is 0 Å². The predicted octanol–water partition coefficient (Wildman–Crippen LogP) is 6.33. The first-order valence-corrected chi connectivity index (χ1v) is 15.7. The topological polar surface area (TPSA) is 89.5 Å². The van der Waals surface area contributed by atoms with Gasteiger partial charge in [-0.3, -0.25) is 4.18 Å². The Bertz CT molecular complexity index is 1330. The summed E-state index contributed by atoms with van der Waals surface area (Å²) >= 11 is 0. The third-order valence-electron chi connectivity index (χ3n) is 6.94. The van der Waals surface area contributed by atoms with Crippen LogP contribution >= 0.6 is 0 Å². The number of rotatable bonds is 19. The maximum atomic E-state index is 12.9. The molecule has 3 aromatic rings. The van der Waals surface area contributed by atoms with Gasteiger partial charge in [-0.1, -0.05) is 86.2 Å². The molecular weight excluding hydrogens is 568 g/mol. The highest BCUT2D eigenvalue weighted by Crippen LogP contribution is 2.21. The van der Waals surface area contributed by atoms with Crippen molar-refractivity contribution >= 4 is 10.1 Å². The highest BCUT2D eigenvalue weighted by molar-refractivity contribution is 7.86. The van der Waals surface area contributed by atoms with Crippen LogP contribution in [0, 0.1) is 18.8 Å². The predicted molar refractivity (Wildman–Crippen MR) is 166 cm³/mol. The van der Waals surface area contributed by atoms with Crippen molar-refractivity contribution in [3.8, 4) is 5.75 Å². The molecule has 0 saturated carbocycles. The van der Waals surface area contributed by atoms with Crippen LogP contribution in [0.1, 0.15) is 30.5 Å². The molecule has 0 bridgehead atoms. The second-order valence-electron chi connectivity index (χ2n) is 10.5. The first kappa shape index (κ1) is 34.4. The van der Waals surface area contributed by atoms with Crippen LogP contribution in [0.15, 0.2) is 95.9 Å². The zero-order valence-electron chi connectivity index (χ0n) is 25.7. The van der Waals surface area contributed by atoms with E-state index in [-0.39, 0.29) is 42.8 Å². The van der Waals surface area contributed by atoms with E-state index in [1.165, 1.54) is 0 Å². The lowest BCUT2D eigenvalue weighted by Crippen LogP contribution is -2.29. The molecule has 0 aliphatic rings. The summed E-state index contributed by atoms with van der Waals surface area (Å²) in [6.45, 7) is 7.14. The third kappa shape index (κ3) is 11.9. The average Bonchev–Trinajstić information content (AvgIpc) is 3.02. The minimum atomic E-state index is -3.97. The monoisotopic (exact) mass is 612 g/mol. The first-order valence-electron chi connectivity index (χ1n) is 14.3. The van der Waals surface area contributed by atoms with Crippen molar-refractivity contribution in [2.75, 3.05) is 34.2 Å². The fourth-order valence-electron chi connectivity index (χ4n) is 4.20. The van der Waals surface area contributed by atoms with E-state index in [9.17, 15) is 8.42 Å². The molecule has 4 atom stereocenters. The Kier molecular flexibility index (Phi) is 14.4. The van der Waals surface area contributed by atoms with E-state index < -0.39 is 16.2 Å². The Labute approximate surface area is 256 Å². The summed E-state index contributed by atoms with van der Waals surface area (Å²) in [6.07, 6.45) is 3.07. The third-order valence-corrected chi connectivity index (χ3v) is 8.24. The maximum Gasteiger partial charge on any atom is 0.297 e. The van der Waals surface area contributed by atoms with Gasteiger partial charge in [0.1, 0.15) is 12.5 Å². The lowest BCUT2D eigenvalue weighted by molar-refractivity contribution is -0.0823. The van der Waals surface area contributed by atoms with Crippen LogP contribution in [0.2, 0.25) is 0 Å². The van der Waals surface area contributed by atoms with E-state index in [2.05, 4.69) is 6.92 Å². The zero-order chi connectivity index (χ0) is 31.1. The molecule has 0 unspecified atom stereocenters. The highest BCUT2D eigenvalue weighted by atomic mass is 32.2. The smallest absolute Gasteiger partial charge is 0.297 e. The van der Waals surface area contributed by atoms with Crippen LogP contribution in [0.3, 0.4) is 0 Å². The van der Waals surface area contributed by atoms with Gasteiger partial charge >= 0.3 is 0 Å². The molecule has 234 valence electrons. The number of hydrogen-bond acceptors (Lipinski definition) is 8. The molecule has 43 heavy (non-hydrogen) atoms. The Balaban J connectivity index is 1.69. The molecule has 0 aliphatic carbocycles. The van der Waals surface area contributed by atoms with Gasteiger partial charge in [-0.25, -0.2) is 0 Å². The number of methoxy groups -OCH3 is 2. The van der Waals surface area contributed by atoms with Crippen LogP contribution < -0.4 is 4.74 Å². The molecule has 8 nitrogen and oxygen atoms in total. The molecule has 3 aromatic carbocycles. The van der Waals surface area contributed by atoms with Gasteiger partial charge in [0.25, 0.3) is 10.1 Å². The van der Waals surface area contributed by atoms with Crippen LogP contribution in [0.5, 0.6) is 5.75 Å². The summed E-state index contributed by atoms with van der Waals surface area (Å²) in [4.78, 5) is 0.104. The molecule has 0 radical (unpaired) electrons. The fourth-order valence-corrected chi connectivity index (χ4v) is 5.12. The van der Waals surface area contributed by atoms with E-state index in [4.69, 9.17) is 27.9 Å². The summed E-state index contributed by atoms with van der Waals surface area (Å²) < 4.78 is 59.9. The normalized spacial score (nSPS) is 14.8. The average molecular weight is 613 g/mol. The quantitative estimate of drug-likeness (QED) is 0.0882. The molecular formula is C34H44O8S. The molecule has 0 spiro atoms. The summed E-state index contributed by atoms with van der Waals surface area (Å²) in [7, 11) is -0.775. The van der Waals surface area contributed by atoms with Crippen molar-refractivity contribution in [3.63, 3.8) is 0 Å². The van der Waals surface area contributed by atoms with E-state index in [0.29, 0.717) is 13.2 Å². The Morgan fingerprint density at radius 3 is 2.09 bits per heavy atom. The summed E-state index contributed by atoms with van der Waals surface area (Å²) in [6, 6.07) is 24.1. The largest absolute Gasteiger partial charge is 0.497 e. The van der Waals surface area contributed by atoms with Crippen molar-refractivity contribution in [2.45, 2.75) is 51.1 Å². The van der Waals surface area contributed by atoms with Crippen LogP contribution in [-0.4, -0.2) is 54.9 Å². The van der Waals surface area contributed by atoms with Gasteiger partial charge in [0.15, 0.2) is 0 Å². The molecule has 3 rings (SSSR count). The number of benzene rings is 3. The number of aryl methyl sites for hydroxylation is 1. The Morgan fingerprint density at radius 2 is 1.44 bits per heavy atom. The molecule has 0 saturated heterocycles. The minimum absolute atomic E-state index is 0.0270. The van der Waals surface area contributed by atoms with Gasteiger partial charge in [-0.2, -0.15) is 8.42 Å². The van der Waals surface area contributed by atoms with Crippen molar-refractivity contribution in [2.24, 2.45) is 11.8 Å². The maximum absolute atomic E-state index is 12.9. The molecule has 0 aromatic heterocycles. The second-order valence-corrected chi connectivity index (χ2v) is 12.1. The van der Waals surface area contributed by atoms with Gasteiger partial charge in [0, 0.05) is 18.9 Å². The molecule has 0 fully saturated rings. The molecule has 0 N–H and O–H groups in total. The molecule has 0 aliphatic heterocycles. The van der Waals surface area contributed by atoms with Crippen molar-refractivity contribution in [1.29, 1.82) is 0 Å². The Hall–Kier alpha value is -3.05. The summed E-state index contributed by atoms with van der Waals surface area (Å²) in [5.41, 5.74) is 2.99. The SMILES string of the molecule is COCO[C@@H](/C=C/[C@H](C)[C@H](COS(=O)(=O)c1ccc(C)cc1)OCc1ccc(OC)cc1)[C@H](C)COCc1ccccc1. The van der Waals surface area contributed by atoms with Gasteiger partial charge < -0.3 is 23.7 Å². The van der Waals surface area contributed by atoms with Crippen LogP contribution in [0.4, 0.5) is 0 Å². The summed E-state index contributed by atoms with van der Waals surface area (Å²) in [5.74, 6) is 0.560. The van der Waals surface area contributed by atoms with E-state index >= 15 is 0 Å². The van der Waals surface area contributed by atoms with E-state index in [0.717, 1.165) is 22.4 Å². The van der Waals surface area contributed by atoms with Gasteiger partial charge in [-0.05, 0) is 42.3 Å². The van der Waals surface area contributed by atoms with Crippen LogP contribution in [0.25, 0.3) is 0 Å². The van der Waals surface area contributed by atoms with Crippen molar-refractivity contribution in [3.05, 3.63) is 108 Å².